The van der Waals surface area contributed by atoms with E-state index in [4.69, 9.17) is 4.74 Å². The fourth-order valence-electron chi connectivity index (χ4n) is 7.52. The predicted molar refractivity (Wildman–Crippen MR) is 186 cm³/mol. The van der Waals surface area contributed by atoms with E-state index in [1.807, 2.05) is 38.8 Å². The van der Waals surface area contributed by atoms with Gasteiger partial charge in [-0.3, -0.25) is 14.4 Å². The summed E-state index contributed by atoms with van der Waals surface area (Å²) in [7, 11) is 1.27. The molecule has 0 spiro atoms. The highest BCUT2D eigenvalue weighted by atomic mass is 16.5. The standard InChI is InChI=1S/C38H48N6O5/c1-22(2)33(42-38(48)49-5)37(47)44-17-7-9-32(44)35(45)40-29-19-27-15-14-26(18-28(27)20-29)24-10-12-25(13-11-24)30-21-39-34(41-30)31-8-6-16-43(31)36(46)23(3)4/h10-15,18,21-23,29,31-33H,6-9,16-17,19-20H2,1-5H3,(H,39,41)(H,40,45)(H,42,48)/t29?,31?,32-,33-/m0/s1. The van der Waals surface area contributed by atoms with Gasteiger partial charge in [0.15, 0.2) is 0 Å². The first-order chi connectivity index (χ1) is 23.5. The van der Waals surface area contributed by atoms with Gasteiger partial charge in [0.05, 0.1) is 25.0 Å². The van der Waals surface area contributed by atoms with Crippen LogP contribution < -0.4 is 10.6 Å². The highest BCUT2D eigenvalue weighted by molar-refractivity contribution is 5.92. The second kappa shape index (κ2) is 14.4. The minimum atomic E-state index is -0.759. The zero-order valence-corrected chi connectivity index (χ0v) is 29.1. The van der Waals surface area contributed by atoms with E-state index in [1.54, 1.807) is 4.90 Å². The fraction of sp³-hybridized carbons (Fsp3) is 0.500. The van der Waals surface area contributed by atoms with Gasteiger partial charge < -0.3 is 30.2 Å². The molecule has 2 aromatic carbocycles. The van der Waals surface area contributed by atoms with Crippen LogP contribution in [0.15, 0.2) is 48.7 Å². The molecule has 3 aromatic rings. The molecule has 0 bridgehead atoms. The van der Waals surface area contributed by atoms with Gasteiger partial charge in [0, 0.05) is 25.0 Å². The van der Waals surface area contributed by atoms with Gasteiger partial charge in [0.1, 0.15) is 17.9 Å². The minimum absolute atomic E-state index is 0.00453. The molecule has 2 unspecified atom stereocenters. The van der Waals surface area contributed by atoms with Crippen LogP contribution in [-0.4, -0.2) is 81.9 Å². The number of nitrogens with one attached hydrogen (secondary N) is 3. The van der Waals surface area contributed by atoms with Crippen LogP contribution in [0.3, 0.4) is 0 Å². The molecule has 11 heteroatoms. The van der Waals surface area contributed by atoms with Gasteiger partial charge in [0.25, 0.3) is 0 Å². The monoisotopic (exact) mass is 668 g/mol. The summed E-state index contributed by atoms with van der Waals surface area (Å²) in [4.78, 5) is 63.2. The third-order valence-corrected chi connectivity index (χ3v) is 10.2. The smallest absolute Gasteiger partial charge is 0.407 e. The Morgan fingerprint density at radius 3 is 2.24 bits per heavy atom. The number of benzene rings is 2. The number of carbonyl (C=O) groups excluding carboxylic acids is 4. The molecule has 49 heavy (non-hydrogen) atoms. The number of nitrogens with zero attached hydrogens (tertiary/aromatic N) is 3. The third-order valence-electron chi connectivity index (χ3n) is 10.2. The van der Waals surface area contributed by atoms with Crippen molar-refractivity contribution in [1.82, 2.24) is 30.4 Å². The van der Waals surface area contributed by atoms with E-state index in [0.29, 0.717) is 13.0 Å². The maximum Gasteiger partial charge on any atom is 0.407 e. The van der Waals surface area contributed by atoms with Crippen molar-refractivity contribution in [2.45, 2.75) is 90.4 Å². The second-order valence-corrected chi connectivity index (χ2v) is 14.2. The molecule has 4 amide bonds. The van der Waals surface area contributed by atoms with Crippen molar-refractivity contribution in [3.63, 3.8) is 0 Å². The van der Waals surface area contributed by atoms with E-state index < -0.39 is 18.2 Å². The summed E-state index contributed by atoms with van der Waals surface area (Å²) in [5.41, 5.74) is 6.61. The van der Waals surface area contributed by atoms with E-state index in [9.17, 15) is 19.2 Å². The summed E-state index contributed by atoms with van der Waals surface area (Å²) < 4.78 is 4.72. The quantitative estimate of drug-likeness (QED) is 0.293. The van der Waals surface area contributed by atoms with Crippen LogP contribution in [-0.2, 0) is 32.0 Å². The number of hydrogen-bond acceptors (Lipinski definition) is 6. The van der Waals surface area contributed by atoms with Crippen LogP contribution in [0.4, 0.5) is 4.79 Å². The maximum atomic E-state index is 13.5. The molecule has 3 aliphatic rings. The Bertz CT molecular complexity index is 1700. The Kier molecular flexibility index (Phi) is 10.1. The summed E-state index contributed by atoms with van der Waals surface area (Å²) in [6.07, 6.45) is 5.89. The third kappa shape index (κ3) is 7.21. The van der Waals surface area contributed by atoms with Crippen molar-refractivity contribution in [2.75, 3.05) is 20.2 Å². The van der Waals surface area contributed by atoms with Crippen molar-refractivity contribution in [3.8, 4) is 22.4 Å². The van der Waals surface area contributed by atoms with Crippen molar-refractivity contribution in [3.05, 3.63) is 65.6 Å². The van der Waals surface area contributed by atoms with Gasteiger partial charge in [-0.2, -0.15) is 0 Å². The molecule has 0 saturated carbocycles. The first-order valence-electron chi connectivity index (χ1n) is 17.6. The normalized spacial score (nSPS) is 20.8. The number of ether oxygens (including phenoxy) is 1. The Morgan fingerprint density at radius 2 is 1.53 bits per heavy atom. The van der Waals surface area contributed by atoms with Crippen molar-refractivity contribution in [2.24, 2.45) is 11.8 Å². The molecule has 2 saturated heterocycles. The zero-order chi connectivity index (χ0) is 34.8. The van der Waals surface area contributed by atoms with Gasteiger partial charge >= 0.3 is 6.09 Å². The summed E-state index contributed by atoms with van der Waals surface area (Å²) in [5, 5.41) is 5.85. The van der Waals surface area contributed by atoms with E-state index in [1.165, 1.54) is 18.2 Å². The summed E-state index contributed by atoms with van der Waals surface area (Å²) in [6, 6.07) is 13.5. The number of fused-ring (bicyclic) bond motifs is 1. The number of methoxy groups -OCH3 is 1. The van der Waals surface area contributed by atoms with Crippen LogP contribution in [0.25, 0.3) is 22.4 Å². The molecule has 4 atom stereocenters. The fourth-order valence-corrected chi connectivity index (χ4v) is 7.52. The van der Waals surface area contributed by atoms with E-state index >= 15 is 0 Å². The molecule has 1 aliphatic carbocycles. The lowest BCUT2D eigenvalue weighted by atomic mass is 9.99. The van der Waals surface area contributed by atoms with Gasteiger partial charge in [-0.25, -0.2) is 9.78 Å². The van der Waals surface area contributed by atoms with Gasteiger partial charge in [-0.1, -0.05) is 70.2 Å². The molecule has 260 valence electrons. The highest BCUT2D eigenvalue weighted by Crippen LogP contribution is 2.34. The molecule has 11 nitrogen and oxygen atoms in total. The molecule has 2 fully saturated rings. The van der Waals surface area contributed by atoms with Crippen molar-refractivity contribution >= 4 is 23.8 Å². The highest BCUT2D eigenvalue weighted by Gasteiger charge is 2.40. The SMILES string of the molecule is COC(=O)N[C@H](C(=O)N1CCC[C@H]1C(=O)NC1Cc2ccc(-c3ccc(-c4cnc(C5CCCN5C(=O)C(C)C)[nH]4)cc3)cc2C1)C(C)C. The number of hydrogen-bond donors (Lipinski definition) is 3. The van der Waals surface area contributed by atoms with E-state index in [-0.39, 0.29) is 41.6 Å². The lowest BCUT2D eigenvalue weighted by Gasteiger charge is -2.30. The number of aromatic nitrogens is 2. The number of likely N-dealkylation sites (tertiary alicyclic amines) is 2. The summed E-state index contributed by atoms with van der Waals surface area (Å²) >= 11 is 0. The number of alkyl carbamates (subject to hydrolysis) is 1. The molecule has 3 N–H and O–H groups in total. The molecular weight excluding hydrogens is 620 g/mol. The average molecular weight is 669 g/mol. The number of aromatic amines is 1. The zero-order valence-electron chi connectivity index (χ0n) is 29.1. The Morgan fingerprint density at radius 1 is 0.857 bits per heavy atom. The molecule has 1 aromatic heterocycles. The number of rotatable bonds is 9. The van der Waals surface area contributed by atoms with Crippen LogP contribution in [0.1, 0.15) is 76.4 Å². The number of amides is 4. The molecule has 3 heterocycles. The Hall–Kier alpha value is -4.67. The Labute approximate surface area is 288 Å². The van der Waals surface area contributed by atoms with Crippen LogP contribution in [0.2, 0.25) is 0 Å². The second-order valence-electron chi connectivity index (χ2n) is 14.2. The van der Waals surface area contributed by atoms with Gasteiger partial charge in [-0.05, 0) is 72.3 Å². The average Bonchev–Trinajstić information content (AvgIpc) is 3.92. The summed E-state index contributed by atoms with van der Waals surface area (Å²) in [5.74, 6) is 0.428. The van der Waals surface area contributed by atoms with Crippen LogP contribution >= 0.6 is 0 Å². The molecule has 2 aliphatic heterocycles. The van der Waals surface area contributed by atoms with E-state index in [0.717, 1.165) is 66.9 Å². The lowest BCUT2D eigenvalue weighted by Crippen LogP contribution is -2.56. The van der Waals surface area contributed by atoms with E-state index in [2.05, 4.69) is 63.1 Å². The Balaban J connectivity index is 1.08. The lowest BCUT2D eigenvalue weighted by molar-refractivity contribution is -0.141. The topological polar surface area (TPSA) is 137 Å². The maximum absolute atomic E-state index is 13.5. The largest absolute Gasteiger partial charge is 0.453 e. The molecular formula is C38H48N6O5. The van der Waals surface area contributed by atoms with Crippen molar-refractivity contribution in [1.29, 1.82) is 0 Å². The number of imidazole rings is 1. The first-order valence-corrected chi connectivity index (χ1v) is 17.6. The number of carbonyl (C=O) groups is 4. The van der Waals surface area contributed by atoms with Crippen LogP contribution in [0.5, 0.6) is 0 Å². The predicted octanol–water partition coefficient (Wildman–Crippen LogP) is 5.02. The molecule has 0 radical (unpaired) electrons. The van der Waals surface area contributed by atoms with Crippen molar-refractivity contribution < 1.29 is 23.9 Å². The van der Waals surface area contributed by atoms with Crippen LogP contribution in [0, 0.1) is 11.8 Å². The first kappa shape index (κ1) is 34.2. The number of H-pyrrole nitrogens is 1. The van der Waals surface area contributed by atoms with Gasteiger partial charge in [0.2, 0.25) is 17.7 Å². The summed E-state index contributed by atoms with van der Waals surface area (Å²) in [6.45, 7) is 8.86. The van der Waals surface area contributed by atoms with Gasteiger partial charge in [-0.15, -0.1) is 0 Å². The molecule has 6 rings (SSSR count). The minimum Gasteiger partial charge on any atom is -0.453 e.